The Morgan fingerprint density at radius 1 is 1.10 bits per heavy atom. The van der Waals surface area contributed by atoms with Crippen molar-refractivity contribution in [2.45, 2.75) is 37.7 Å². The first-order valence-corrected chi connectivity index (χ1v) is 10.7. The number of anilines is 1. The average molecular weight is 415 g/mol. The number of carbonyl (C=O) groups excluding carboxylic acids is 1. The first-order valence-electron chi connectivity index (χ1n) is 10.3. The van der Waals surface area contributed by atoms with E-state index in [1.54, 1.807) is 0 Å². The molecule has 0 aromatic heterocycles. The van der Waals surface area contributed by atoms with E-state index in [9.17, 15) is 9.90 Å². The maximum atomic E-state index is 11.5. The summed E-state index contributed by atoms with van der Waals surface area (Å²) >= 11 is 5.96. The van der Waals surface area contributed by atoms with Crippen LogP contribution in [0.5, 0.6) is 5.75 Å². The number of fused-ring (bicyclic) bond motifs is 1. The molecule has 0 radical (unpaired) electrons. The molecule has 2 N–H and O–H groups in total. The Kier molecular flexibility index (Phi) is 6.09. The molecule has 4 rings (SSSR count). The second kappa shape index (κ2) is 8.74. The Balaban J connectivity index is 1.21. The van der Waals surface area contributed by atoms with Crippen molar-refractivity contribution >= 4 is 23.2 Å². The molecule has 6 heteroatoms. The number of hydrogen-bond donors (Lipinski definition) is 2. The smallest absolute Gasteiger partial charge is 0.224 e. The van der Waals surface area contributed by atoms with Crippen LogP contribution < -0.4 is 10.1 Å². The Morgan fingerprint density at radius 3 is 2.62 bits per heavy atom. The number of hydrogen-bond acceptors (Lipinski definition) is 4. The van der Waals surface area contributed by atoms with Gasteiger partial charge in [0.15, 0.2) is 0 Å². The molecule has 2 heterocycles. The zero-order valence-electron chi connectivity index (χ0n) is 16.5. The highest BCUT2D eigenvalue weighted by Gasteiger charge is 2.33. The third kappa shape index (κ3) is 4.92. The van der Waals surface area contributed by atoms with Crippen molar-refractivity contribution in [1.29, 1.82) is 0 Å². The number of piperidine rings is 1. The summed E-state index contributed by atoms with van der Waals surface area (Å²) in [5.74, 6) is 0.861. The van der Waals surface area contributed by atoms with Crippen LogP contribution in [0.25, 0.3) is 0 Å². The maximum absolute atomic E-state index is 11.5. The largest absolute Gasteiger partial charge is 0.493 e. The van der Waals surface area contributed by atoms with E-state index in [0.717, 1.165) is 62.3 Å². The second-order valence-electron chi connectivity index (χ2n) is 7.95. The van der Waals surface area contributed by atoms with Gasteiger partial charge >= 0.3 is 0 Å². The zero-order chi connectivity index (χ0) is 20.3. The first-order chi connectivity index (χ1) is 14.0. The van der Waals surface area contributed by atoms with Gasteiger partial charge in [-0.05, 0) is 55.0 Å². The lowest BCUT2D eigenvalue weighted by molar-refractivity contribution is -0.116. The van der Waals surface area contributed by atoms with E-state index in [1.165, 1.54) is 5.56 Å². The van der Waals surface area contributed by atoms with Crippen molar-refractivity contribution in [3.63, 3.8) is 0 Å². The van der Waals surface area contributed by atoms with Gasteiger partial charge in [0.2, 0.25) is 5.91 Å². The minimum atomic E-state index is -0.759. The number of ether oxygens (including phenoxy) is 1. The SMILES string of the molecule is O=C1CCc2ccc(OCCCN3CCC(O)(c4ccc(Cl)cc4)CC3)cc2N1. The predicted octanol–water partition coefficient (Wildman–Crippen LogP) is 3.98. The van der Waals surface area contributed by atoms with Crippen LogP contribution >= 0.6 is 11.6 Å². The van der Waals surface area contributed by atoms with E-state index in [1.807, 2.05) is 42.5 Å². The molecule has 0 bridgehead atoms. The van der Waals surface area contributed by atoms with Crippen molar-refractivity contribution in [1.82, 2.24) is 4.90 Å². The second-order valence-corrected chi connectivity index (χ2v) is 8.39. The third-order valence-corrected chi connectivity index (χ3v) is 6.18. The fourth-order valence-electron chi connectivity index (χ4n) is 4.11. The van der Waals surface area contributed by atoms with E-state index in [2.05, 4.69) is 10.2 Å². The normalized spacial score (nSPS) is 18.8. The first kappa shape index (κ1) is 20.2. The van der Waals surface area contributed by atoms with Crippen LogP contribution in [0.15, 0.2) is 42.5 Å². The molecule has 2 aromatic carbocycles. The van der Waals surface area contributed by atoms with Crippen LogP contribution in [0.2, 0.25) is 5.02 Å². The number of rotatable bonds is 6. The maximum Gasteiger partial charge on any atom is 0.224 e. The van der Waals surface area contributed by atoms with Crippen molar-refractivity contribution < 1.29 is 14.6 Å². The van der Waals surface area contributed by atoms with Gasteiger partial charge in [-0.15, -0.1) is 0 Å². The molecular weight excluding hydrogens is 388 g/mol. The number of carbonyl (C=O) groups is 1. The summed E-state index contributed by atoms with van der Waals surface area (Å²) in [5.41, 5.74) is 2.23. The summed E-state index contributed by atoms with van der Waals surface area (Å²) in [7, 11) is 0. The van der Waals surface area contributed by atoms with E-state index in [0.29, 0.717) is 18.1 Å². The fourth-order valence-corrected chi connectivity index (χ4v) is 4.24. The highest BCUT2D eigenvalue weighted by molar-refractivity contribution is 6.30. The summed E-state index contributed by atoms with van der Waals surface area (Å²) in [6, 6.07) is 13.4. The quantitative estimate of drug-likeness (QED) is 0.702. The Bertz CT molecular complexity index is 861. The minimum absolute atomic E-state index is 0.0679. The van der Waals surface area contributed by atoms with Gasteiger partial charge in [-0.2, -0.15) is 0 Å². The molecule has 1 fully saturated rings. The van der Waals surface area contributed by atoms with Crippen molar-refractivity contribution in [2.24, 2.45) is 0 Å². The minimum Gasteiger partial charge on any atom is -0.493 e. The molecule has 1 amide bonds. The number of likely N-dealkylation sites (tertiary alicyclic amines) is 1. The van der Waals surface area contributed by atoms with Gasteiger partial charge in [0, 0.05) is 42.8 Å². The summed E-state index contributed by atoms with van der Waals surface area (Å²) < 4.78 is 5.88. The molecule has 2 aromatic rings. The molecule has 0 spiro atoms. The third-order valence-electron chi connectivity index (χ3n) is 5.93. The molecule has 0 saturated carbocycles. The standard InChI is InChI=1S/C23H27ClN2O3/c24-19-6-4-18(5-7-19)23(28)10-13-26(14-11-23)12-1-15-29-20-8-2-17-3-9-22(27)25-21(17)16-20/h2,4-8,16,28H,1,3,9-15H2,(H,25,27). The number of nitrogens with zero attached hydrogens (tertiary/aromatic N) is 1. The highest BCUT2D eigenvalue weighted by atomic mass is 35.5. The van der Waals surface area contributed by atoms with Gasteiger partial charge in [0.05, 0.1) is 12.2 Å². The van der Waals surface area contributed by atoms with Crippen LogP contribution in [0, 0.1) is 0 Å². The lowest BCUT2D eigenvalue weighted by Crippen LogP contribution is -2.43. The van der Waals surface area contributed by atoms with Crippen molar-refractivity contribution in [3.8, 4) is 5.75 Å². The van der Waals surface area contributed by atoms with Gasteiger partial charge in [-0.3, -0.25) is 4.79 Å². The lowest BCUT2D eigenvalue weighted by Gasteiger charge is -2.38. The van der Waals surface area contributed by atoms with Gasteiger partial charge in [0.1, 0.15) is 5.75 Å². The summed E-state index contributed by atoms with van der Waals surface area (Å²) in [6.45, 7) is 3.30. The van der Waals surface area contributed by atoms with E-state index in [4.69, 9.17) is 16.3 Å². The van der Waals surface area contributed by atoms with Gasteiger partial charge < -0.3 is 20.1 Å². The number of amides is 1. The molecule has 154 valence electrons. The number of nitrogens with one attached hydrogen (secondary N) is 1. The van der Waals surface area contributed by atoms with Crippen LogP contribution in [-0.2, 0) is 16.8 Å². The summed E-state index contributed by atoms with van der Waals surface area (Å²) in [6.07, 6.45) is 3.71. The molecule has 29 heavy (non-hydrogen) atoms. The predicted molar refractivity (Wildman–Crippen MR) is 115 cm³/mol. The van der Waals surface area contributed by atoms with Gasteiger partial charge in [-0.25, -0.2) is 0 Å². The van der Waals surface area contributed by atoms with Crippen LogP contribution in [0.3, 0.4) is 0 Å². The van der Waals surface area contributed by atoms with E-state index >= 15 is 0 Å². The molecule has 2 aliphatic rings. The molecule has 0 unspecified atom stereocenters. The highest BCUT2D eigenvalue weighted by Crippen LogP contribution is 2.33. The molecule has 0 atom stereocenters. The van der Waals surface area contributed by atoms with Crippen molar-refractivity contribution in [2.75, 3.05) is 31.6 Å². The van der Waals surface area contributed by atoms with Crippen LogP contribution in [0.4, 0.5) is 5.69 Å². The molecule has 5 nitrogen and oxygen atoms in total. The Hall–Kier alpha value is -2.08. The Labute approximate surface area is 176 Å². The molecule has 1 saturated heterocycles. The topological polar surface area (TPSA) is 61.8 Å². The van der Waals surface area contributed by atoms with Gasteiger partial charge in [-0.1, -0.05) is 29.8 Å². The average Bonchev–Trinajstić information content (AvgIpc) is 2.72. The van der Waals surface area contributed by atoms with Crippen LogP contribution in [-0.4, -0.2) is 42.2 Å². The molecule has 0 aliphatic carbocycles. The monoisotopic (exact) mass is 414 g/mol. The van der Waals surface area contributed by atoms with Crippen LogP contribution in [0.1, 0.15) is 36.8 Å². The Morgan fingerprint density at radius 2 is 1.86 bits per heavy atom. The number of benzene rings is 2. The van der Waals surface area contributed by atoms with E-state index in [-0.39, 0.29) is 5.91 Å². The van der Waals surface area contributed by atoms with Gasteiger partial charge in [0.25, 0.3) is 0 Å². The molecular formula is C23H27ClN2O3. The zero-order valence-corrected chi connectivity index (χ0v) is 17.3. The summed E-state index contributed by atoms with van der Waals surface area (Å²) in [5, 5.41) is 14.6. The van der Waals surface area contributed by atoms with E-state index < -0.39 is 5.60 Å². The van der Waals surface area contributed by atoms with Crippen molar-refractivity contribution in [3.05, 3.63) is 58.6 Å². The number of halogens is 1. The number of aryl methyl sites for hydroxylation is 1. The molecule has 2 aliphatic heterocycles. The lowest BCUT2D eigenvalue weighted by atomic mass is 9.84. The fraction of sp³-hybridized carbons (Fsp3) is 0.435. The summed E-state index contributed by atoms with van der Waals surface area (Å²) in [4.78, 5) is 13.9. The number of aliphatic hydroxyl groups is 1.